The molecule has 2 aliphatic heterocycles. The molecule has 200 valence electrons. The Morgan fingerprint density at radius 2 is 1.95 bits per heavy atom. The molecule has 1 N–H and O–H groups in total. The molecular formula is C30H35ClN4O3. The second-order valence-electron chi connectivity index (χ2n) is 10.1. The number of hydrogen-bond acceptors (Lipinski definition) is 5. The fourth-order valence-electron chi connectivity index (χ4n) is 5.48. The molecule has 0 bridgehead atoms. The van der Waals surface area contributed by atoms with Crippen LogP contribution in [0.2, 0.25) is 5.02 Å². The minimum absolute atomic E-state index is 0.122. The zero-order chi connectivity index (χ0) is 27.1. The average molecular weight is 535 g/mol. The number of nitriles is 1. The number of carbonyl (C=O) groups is 3. The van der Waals surface area contributed by atoms with E-state index in [-0.39, 0.29) is 30.1 Å². The van der Waals surface area contributed by atoms with E-state index in [9.17, 15) is 19.6 Å². The highest BCUT2D eigenvalue weighted by Crippen LogP contribution is 2.30. The highest BCUT2D eigenvalue weighted by atomic mass is 35.5. The summed E-state index contributed by atoms with van der Waals surface area (Å²) in [5.41, 5.74) is 3.83. The molecule has 0 aromatic heterocycles. The summed E-state index contributed by atoms with van der Waals surface area (Å²) in [5, 5.41) is 12.7. The van der Waals surface area contributed by atoms with Gasteiger partial charge < -0.3 is 9.80 Å². The lowest BCUT2D eigenvalue weighted by Gasteiger charge is -2.29. The van der Waals surface area contributed by atoms with Crippen LogP contribution in [-0.4, -0.2) is 53.2 Å². The third-order valence-corrected chi connectivity index (χ3v) is 7.92. The molecular weight excluding hydrogens is 500 g/mol. The molecule has 2 unspecified atom stereocenters. The van der Waals surface area contributed by atoms with Gasteiger partial charge in [-0.2, -0.15) is 5.26 Å². The van der Waals surface area contributed by atoms with Gasteiger partial charge in [0.2, 0.25) is 11.8 Å². The molecule has 2 aliphatic rings. The fourth-order valence-corrected chi connectivity index (χ4v) is 5.68. The number of nitrogens with one attached hydrogen (secondary N) is 1. The average Bonchev–Trinajstić information content (AvgIpc) is 3.24. The number of hydrogen-bond donors (Lipinski definition) is 1. The van der Waals surface area contributed by atoms with Gasteiger partial charge in [-0.25, -0.2) is 0 Å². The van der Waals surface area contributed by atoms with E-state index >= 15 is 0 Å². The largest absolute Gasteiger partial charge is 0.322 e. The lowest BCUT2D eigenvalue weighted by atomic mass is 9.97. The summed E-state index contributed by atoms with van der Waals surface area (Å²) >= 11 is 6.10. The van der Waals surface area contributed by atoms with Gasteiger partial charge in [0.15, 0.2) is 0 Å². The quantitative estimate of drug-likeness (QED) is 0.311. The summed E-state index contributed by atoms with van der Waals surface area (Å²) in [6.45, 7) is 5.37. The molecule has 0 aliphatic carbocycles. The second kappa shape index (κ2) is 13.0. The van der Waals surface area contributed by atoms with Crippen LogP contribution in [-0.2, 0) is 22.6 Å². The summed E-state index contributed by atoms with van der Waals surface area (Å²) in [6, 6.07) is 15.2. The van der Waals surface area contributed by atoms with E-state index < -0.39 is 6.04 Å². The van der Waals surface area contributed by atoms with E-state index in [0.29, 0.717) is 23.6 Å². The number of amides is 3. The second-order valence-corrected chi connectivity index (χ2v) is 10.5. The van der Waals surface area contributed by atoms with Crippen molar-refractivity contribution in [1.82, 2.24) is 15.1 Å². The predicted octanol–water partition coefficient (Wildman–Crippen LogP) is 4.83. The van der Waals surface area contributed by atoms with Crippen molar-refractivity contribution in [2.75, 3.05) is 19.6 Å². The highest BCUT2D eigenvalue weighted by Gasteiger charge is 2.39. The van der Waals surface area contributed by atoms with Crippen molar-refractivity contribution in [3.05, 3.63) is 69.7 Å². The summed E-state index contributed by atoms with van der Waals surface area (Å²) < 4.78 is 0. The molecule has 8 heteroatoms. The Morgan fingerprint density at radius 3 is 2.68 bits per heavy atom. The Balaban J connectivity index is 1.24. The summed E-state index contributed by atoms with van der Waals surface area (Å²) in [4.78, 5) is 40.9. The van der Waals surface area contributed by atoms with Gasteiger partial charge >= 0.3 is 0 Å². The van der Waals surface area contributed by atoms with Gasteiger partial charge in [0, 0.05) is 23.6 Å². The van der Waals surface area contributed by atoms with Crippen molar-refractivity contribution in [3.63, 3.8) is 0 Å². The number of aryl methyl sites for hydroxylation is 1. The van der Waals surface area contributed by atoms with Crippen molar-refractivity contribution in [3.8, 4) is 6.07 Å². The first-order valence-corrected chi connectivity index (χ1v) is 13.9. The molecule has 0 saturated carbocycles. The fraction of sp³-hybridized carbons (Fsp3) is 0.467. The molecule has 2 aromatic rings. The lowest BCUT2D eigenvalue weighted by molar-refractivity contribution is -0.136. The van der Waals surface area contributed by atoms with Gasteiger partial charge in [0.05, 0.1) is 12.0 Å². The predicted molar refractivity (Wildman–Crippen MR) is 147 cm³/mol. The standard InChI is InChI=1S/C30H35ClN4O3/c1-2-34(17-15-23(19-32)22-10-6-11-24(31)18-22)16-5-3-4-8-21-9-7-12-25-26(21)20-35(30(25)38)27-13-14-28(36)33-29(27)37/h6-7,9-12,18,23,27H,2-5,8,13-17,20H2,1H3,(H,33,36,37). The number of fused-ring (bicyclic) bond motifs is 1. The van der Waals surface area contributed by atoms with Crippen LogP contribution >= 0.6 is 11.6 Å². The van der Waals surface area contributed by atoms with Crippen molar-refractivity contribution in [2.24, 2.45) is 0 Å². The number of halogens is 1. The zero-order valence-corrected chi connectivity index (χ0v) is 22.7. The van der Waals surface area contributed by atoms with Gasteiger partial charge in [0.25, 0.3) is 5.91 Å². The SMILES string of the molecule is CCN(CCCCCc1cccc2c1CN(C1CCC(=O)NC1=O)C2=O)CCC(C#N)c1cccc(Cl)c1. The van der Waals surface area contributed by atoms with Gasteiger partial charge in [-0.1, -0.05) is 49.2 Å². The summed E-state index contributed by atoms with van der Waals surface area (Å²) in [6.07, 6.45) is 5.46. The van der Waals surface area contributed by atoms with E-state index in [2.05, 4.69) is 29.3 Å². The van der Waals surface area contributed by atoms with Crippen molar-refractivity contribution in [1.29, 1.82) is 5.26 Å². The van der Waals surface area contributed by atoms with Crippen LogP contribution in [0.5, 0.6) is 0 Å². The number of imide groups is 1. The van der Waals surface area contributed by atoms with Crippen LogP contribution in [0, 0.1) is 11.3 Å². The zero-order valence-electron chi connectivity index (χ0n) is 21.9. The van der Waals surface area contributed by atoms with Crippen LogP contribution in [0.15, 0.2) is 42.5 Å². The molecule has 2 heterocycles. The maximum atomic E-state index is 13.0. The lowest BCUT2D eigenvalue weighted by Crippen LogP contribution is -2.52. The maximum Gasteiger partial charge on any atom is 0.255 e. The van der Waals surface area contributed by atoms with Gasteiger partial charge in [-0.3, -0.25) is 19.7 Å². The van der Waals surface area contributed by atoms with E-state index in [1.54, 1.807) is 4.90 Å². The van der Waals surface area contributed by atoms with Crippen LogP contribution < -0.4 is 5.32 Å². The first-order chi connectivity index (χ1) is 18.4. The molecule has 38 heavy (non-hydrogen) atoms. The van der Waals surface area contributed by atoms with Crippen LogP contribution in [0.25, 0.3) is 0 Å². The molecule has 1 fully saturated rings. The number of piperidine rings is 1. The maximum absolute atomic E-state index is 13.0. The first kappa shape index (κ1) is 27.8. The third-order valence-electron chi connectivity index (χ3n) is 7.69. The minimum atomic E-state index is -0.583. The summed E-state index contributed by atoms with van der Waals surface area (Å²) in [5.74, 6) is -0.935. The van der Waals surface area contributed by atoms with Crippen LogP contribution in [0.4, 0.5) is 0 Å². The first-order valence-electron chi connectivity index (χ1n) is 13.5. The Kier molecular flexibility index (Phi) is 9.54. The monoisotopic (exact) mass is 534 g/mol. The van der Waals surface area contributed by atoms with E-state index in [4.69, 9.17) is 11.6 Å². The highest BCUT2D eigenvalue weighted by molar-refractivity contribution is 6.30. The Bertz CT molecular complexity index is 1220. The third kappa shape index (κ3) is 6.61. The molecule has 0 spiro atoms. The Labute approximate surface area is 229 Å². The molecule has 1 saturated heterocycles. The molecule has 0 radical (unpaired) electrons. The Morgan fingerprint density at radius 1 is 1.13 bits per heavy atom. The molecule has 4 rings (SSSR count). The minimum Gasteiger partial charge on any atom is -0.322 e. The number of carbonyl (C=O) groups excluding carboxylic acids is 3. The molecule has 2 atom stereocenters. The van der Waals surface area contributed by atoms with Gasteiger partial charge in [-0.05, 0) is 86.6 Å². The van der Waals surface area contributed by atoms with E-state index in [0.717, 1.165) is 68.4 Å². The number of rotatable bonds is 12. The number of nitrogens with zero attached hydrogens (tertiary/aromatic N) is 3. The Hall–Kier alpha value is -3.21. The molecule has 2 aromatic carbocycles. The van der Waals surface area contributed by atoms with Crippen molar-refractivity contribution >= 4 is 29.3 Å². The smallest absolute Gasteiger partial charge is 0.255 e. The van der Waals surface area contributed by atoms with E-state index in [1.165, 1.54) is 0 Å². The topological polar surface area (TPSA) is 93.5 Å². The van der Waals surface area contributed by atoms with Crippen LogP contribution in [0.1, 0.15) is 78.4 Å². The molecule has 3 amide bonds. The van der Waals surface area contributed by atoms with E-state index in [1.807, 2.05) is 36.4 Å². The molecule has 7 nitrogen and oxygen atoms in total. The van der Waals surface area contributed by atoms with Gasteiger partial charge in [-0.15, -0.1) is 0 Å². The van der Waals surface area contributed by atoms with Gasteiger partial charge in [0.1, 0.15) is 6.04 Å². The number of benzene rings is 2. The number of unbranched alkanes of at least 4 members (excludes halogenated alkanes) is 2. The normalized spacial score (nSPS) is 17.9. The van der Waals surface area contributed by atoms with Crippen LogP contribution in [0.3, 0.4) is 0 Å². The summed E-state index contributed by atoms with van der Waals surface area (Å²) in [7, 11) is 0. The van der Waals surface area contributed by atoms with Crippen molar-refractivity contribution < 1.29 is 14.4 Å². The van der Waals surface area contributed by atoms with Crippen molar-refractivity contribution in [2.45, 2.75) is 70.4 Å².